The van der Waals surface area contributed by atoms with E-state index in [0.717, 1.165) is 26.9 Å². The number of nitrogens with one attached hydrogen (secondary N) is 1. The van der Waals surface area contributed by atoms with Gasteiger partial charge in [-0.15, -0.1) is 0 Å². The van der Waals surface area contributed by atoms with E-state index in [9.17, 15) is 4.79 Å². The second kappa shape index (κ2) is 7.29. The maximum atomic E-state index is 13.1. The molecule has 0 aliphatic rings. The number of halogens is 2. The van der Waals surface area contributed by atoms with Crippen LogP contribution in [0.2, 0.25) is 5.02 Å². The van der Waals surface area contributed by atoms with Gasteiger partial charge < -0.3 is 10.1 Å². The number of rotatable bonds is 4. The van der Waals surface area contributed by atoms with E-state index in [4.69, 9.17) is 16.3 Å². The van der Waals surface area contributed by atoms with Gasteiger partial charge in [0.15, 0.2) is 5.65 Å². The van der Waals surface area contributed by atoms with Crippen molar-refractivity contribution in [1.82, 2.24) is 9.38 Å². The monoisotopic (exact) mass is 435 g/mol. The minimum Gasteiger partial charge on any atom is -0.495 e. The summed E-state index contributed by atoms with van der Waals surface area (Å²) in [6.07, 6.45) is 2.55. The van der Waals surface area contributed by atoms with Crippen LogP contribution in [-0.2, 0) is 6.42 Å². The highest BCUT2D eigenvalue weighted by atomic mass is 79.9. The molecule has 136 valence electrons. The number of pyridine rings is 1. The number of aryl methyl sites for hydroxylation is 3. The number of ether oxygens (including phenoxy) is 1. The SMILES string of the molecule is CCc1nc2c(Br)cc(C)cn2c1C(=O)Nc1cc(C)c(Cl)cc1OC. The number of hydrogen-bond acceptors (Lipinski definition) is 3. The van der Waals surface area contributed by atoms with E-state index in [1.165, 1.54) is 0 Å². The van der Waals surface area contributed by atoms with E-state index in [1.807, 2.05) is 37.4 Å². The molecule has 3 aromatic rings. The Labute approximate surface area is 165 Å². The van der Waals surface area contributed by atoms with E-state index in [0.29, 0.717) is 28.6 Å². The van der Waals surface area contributed by atoms with Crippen LogP contribution in [0.15, 0.2) is 28.9 Å². The molecular weight excluding hydrogens is 418 g/mol. The van der Waals surface area contributed by atoms with Gasteiger partial charge in [0, 0.05) is 17.3 Å². The number of benzene rings is 1. The summed E-state index contributed by atoms with van der Waals surface area (Å²) in [4.78, 5) is 17.7. The number of nitrogens with zero attached hydrogens (tertiary/aromatic N) is 2. The number of fused-ring (bicyclic) bond motifs is 1. The Kier molecular flexibility index (Phi) is 5.25. The fraction of sp³-hybridized carbons (Fsp3) is 0.263. The predicted molar refractivity (Wildman–Crippen MR) is 108 cm³/mol. The third-order valence-corrected chi connectivity index (χ3v) is 5.15. The fourth-order valence-corrected chi connectivity index (χ4v) is 3.67. The first-order chi connectivity index (χ1) is 12.3. The van der Waals surface area contributed by atoms with Crippen LogP contribution in [0, 0.1) is 13.8 Å². The number of hydrogen-bond donors (Lipinski definition) is 1. The summed E-state index contributed by atoms with van der Waals surface area (Å²) in [6.45, 7) is 5.83. The molecule has 7 heteroatoms. The average molecular weight is 437 g/mol. The lowest BCUT2D eigenvalue weighted by molar-refractivity contribution is 0.102. The molecule has 26 heavy (non-hydrogen) atoms. The van der Waals surface area contributed by atoms with Crippen LogP contribution in [0.3, 0.4) is 0 Å². The van der Waals surface area contributed by atoms with Gasteiger partial charge in [0.25, 0.3) is 5.91 Å². The summed E-state index contributed by atoms with van der Waals surface area (Å²) in [5.41, 5.74) is 4.42. The molecule has 0 bridgehead atoms. The zero-order chi connectivity index (χ0) is 19.0. The molecule has 2 aromatic heterocycles. The summed E-state index contributed by atoms with van der Waals surface area (Å²) in [7, 11) is 1.54. The predicted octanol–water partition coefficient (Wildman–Crippen LogP) is 5.19. The maximum Gasteiger partial charge on any atom is 0.274 e. The van der Waals surface area contributed by atoms with Crippen molar-refractivity contribution >= 4 is 44.8 Å². The quantitative estimate of drug-likeness (QED) is 0.612. The first-order valence-electron chi connectivity index (χ1n) is 8.18. The van der Waals surface area contributed by atoms with Gasteiger partial charge in [-0.3, -0.25) is 9.20 Å². The number of amides is 1. The highest BCUT2D eigenvalue weighted by molar-refractivity contribution is 9.10. The van der Waals surface area contributed by atoms with Crippen LogP contribution in [0.1, 0.15) is 34.2 Å². The van der Waals surface area contributed by atoms with Crippen molar-refractivity contribution in [3.8, 4) is 5.75 Å². The lowest BCUT2D eigenvalue weighted by Gasteiger charge is -2.13. The standard InChI is InChI=1S/C19H19BrClN3O2/c1-5-14-17(24-9-10(2)6-12(20)18(24)22-14)19(25)23-15-7-11(3)13(21)8-16(15)26-4/h6-9H,5H2,1-4H3,(H,23,25). The molecular formula is C19H19BrClN3O2. The largest absolute Gasteiger partial charge is 0.495 e. The lowest BCUT2D eigenvalue weighted by atomic mass is 10.2. The van der Waals surface area contributed by atoms with E-state index in [1.54, 1.807) is 19.2 Å². The Bertz CT molecular complexity index is 1010. The minimum atomic E-state index is -0.244. The second-order valence-corrected chi connectivity index (χ2v) is 7.34. The molecule has 1 amide bonds. The Balaban J connectivity index is 2.10. The minimum absolute atomic E-state index is 0.244. The summed E-state index contributed by atoms with van der Waals surface area (Å²) in [5, 5.41) is 3.53. The van der Waals surface area contributed by atoms with Crippen molar-refractivity contribution in [2.45, 2.75) is 27.2 Å². The van der Waals surface area contributed by atoms with Crippen LogP contribution < -0.4 is 10.1 Å². The summed E-state index contributed by atoms with van der Waals surface area (Å²) >= 11 is 9.68. The van der Waals surface area contributed by atoms with Crippen molar-refractivity contribution in [2.75, 3.05) is 12.4 Å². The summed E-state index contributed by atoms with van der Waals surface area (Å²) in [5.74, 6) is 0.269. The summed E-state index contributed by atoms with van der Waals surface area (Å²) in [6, 6.07) is 5.48. The van der Waals surface area contributed by atoms with Crippen LogP contribution in [0.4, 0.5) is 5.69 Å². The van der Waals surface area contributed by atoms with Gasteiger partial charge in [0.05, 0.1) is 23.0 Å². The zero-order valence-electron chi connectivity index (χ0n) is 15.0. The topological polar surface area (TPSA) is 55.6 Å². The van der Waals surface area contributed by atoms with Gasteiger partial charge in [-0.1, -0.05) is 18.5 Å². The van der Waals surface area contributed by atoms with E-state index in [-0.39, 0.29) is 5.91 Å². The maximum absolute atomic E-state index is 13.1. The highest BCUT2D eigenvalue weighted by Crippen LogP contribution is 2.32. The van der Waals surface area contributed by atoms with Gasteiger partial charge in [0.2, 0.25) is 0 Å². The van der Waals surface area contributed by atoms with Crippen LogP contribution in [0.25, 0.3) is 5.65 Å². The number of carbonyl (C=O) groups is 1. The van der Waals surface area contributed by atoms with E-state index in [2.05, 4.69) is 26.2 Å². The van der Waals surface area contributed by atoms with Gasteiger partial charge in [-0.25, -0.2) is 4.98 Å². The van der Waals surface area contributed by atoms with E-state index >= 15 is 0 Å². The molecule has 0 aliphatic carbocycles. The molecule has 0 atom stereocenters. The molecule has 0 saturated carbocycles. The molecule has 2 heterocycles. The summed E-state index contributed by atoms with van der Waals surface area (Å²) < 4.78 is 8.03. The van der Waals surface area contributed by atoms with Crippen LogP contribution >= 0.6 is 27.5 Å². The van der Waals surface area contributed by atoms with Crippen molar-refractivity contribution in [2.24, 2.45) is 0 Å². The van der Waals surface area contributed by atoms with Gasteiger partial charge in [0.1, 0.15) is 11.4 Å². The fourth-order valence-electron chi connectivity index (χ4n) is 2.88. The van der Waals surface area contributed by atoms with Crippen molar-refractivity contribution in [3.05, 3.63) is 56.4 Å². The molecule has 1 N–H and O–H groups in total. The van der Waals surface area contributed by atoms with Gasteiger partial charge in [-0.2, -0.15) is 0 Å². The number of anilines is 1. The smallest absolute Gasteiger partial charge is 0.274 e. The van der Waals surface area contributed by atoms with E-state index < -0.39 is 0 Å². The third-order valence-electron chi connectivity index (χ3n) is 4.16. The Morgan fingerprint density at radius 3 is 2.73 bits per heavy atom. The molecule has 0 unspecified atom stereocenters. The normalized spacial score (nSPS) is 11.0. The number of methoxy groups -OCH3 is 1. The van der Waals surface area contributed by atoms with Crippen LogP contribution in [-0.4, -0.2) is 22.4 Å². The first kappa shape index (κ1) is 18.7. The zero-order valence-corrected chi connectivity index (χ0v) is 17.3. The van der Waals surface area contributed by atoms with Crippen molar-refractivity contribution < 1.29 is 9.53 Å². The first-order valence-corrected chi connectivity index (χ1v) is 9.35. The molecule has 0 aliphatic heterocycles. The van der Waals surface area contributed by atoms with Gasteiger partial charge >= 0.3 is 0 Å². The Hall–Kier alpha value is -2.05. The molecule has 1 aromatic carbocycles. The molecule has 0 radical (unpaired) electrons. The molecule has 5 nitrogen and oxygen atoms in total. The average Bonchev–Trinajstić information content (AvgIpc) is 2.96. The molecule has 0 fully saturated rings. The lowest BCUT2D eigenvalue weighted by Crippen LogP contribution is -2.17. The molecule has 3 rings (SSSR count). The van der Waals surface area contributed by atoms with Gasteiger partial charge in [-0.05, 0) is 59.5 Å². The second-order valence-electron chi connectivity index (χ2n) is 6.08. The molecule has 0 saturated heterocycles. The number of carbonyl (C=O) groups excluding carboxylic acids is 1. The van der Waals surface area contributed by atoms with Crippen LogP contribution in [0.5, 0.6) is 5.75 Å². The highest BCUT2D eigenvalue weighted by Gasteiger charge is 2.21. The number of aromatic nitrogens is 2. The Morgan fingerprint density at radius 2 is 2.08 bits per heavy atom. The Morgan fingerprint density at radius 1 is 1.35 bits per heavy atom. The third kappa shape index (κ3) is 3.31. The van der Waals surface area contributed by atoms with Crippen molar-refractivity contribution in [1.29, 1.82) is 0 Å². The molecule has 0 spiro atoms. The van der Waals surface area contributed by atoms with Crippen molar-refractivity contribution in [3.63, 3.8) is 0 Å². The number of imidazole rings is 1.